The molecule has 1 unspecified atom stereocenters. The maximum atomic E-state index is 12.4. The molecule has 2 aliphatic heterocycles. The van der Waals surface area contributed by atoms with Gasteiger partial charge in [0.25, 0.3) is 0 Å². The van der Waals surface area contributed by atoms with Crippen LogP contribution in [-0.2, 0) is 19.2 Å². The van der Waals surface area contributed by atoms with Gasteiger partial charge in [-0.05, 0) is 12.3 Å². The van der Waals surface area contributed by atoms with Gasteiger partial charge in [0.2, 0.25) is 23.6 Å². The average Bonchev–Trinajstić information content (AvgIpc) is 3.05. The summed E-state index contributed by atoms with van der Waals surface area (Å²) in [6.07, 6.45) is 1.24. The topological polar surface area (TPSA) is 98.8 Å². The first kappa shape index (κ1) is 16.3. The molecule has 2 N–H and O–H groups in total. The second kappa shape index (κ2) is 6.76. The largest absolute Gasteiger partial charge is 0.343 e. The van der Waals surface area contributed by atoms with Crippen LogP contribution in [0.1, 0.15) is 26.7 Å². The molecular weight excluding hydrogens is 288 g/mol. The molecule has 2 rings (SSSR count). The van der Waals surface area contributed by atoms with Crippen molar-refractivity contribution in [1.82, 2.24) is 20.4 Å². The van der Waals surface area contributed by atoms with E-state index in [-0.39, 0.29) is 49.3 Å². The van der Waals surface area contributed by atoms with Gasteiger partial charge in [0.15, 0.2) is 0 Å². The van der Waals surface area contributed by atoms with E-state index < -0.39 is 6.04 Å². The molecular formula is C14H22N4O4. The van der Waals surface area contributed by atoms with Crippen molar-refractivity contribution in [3.63, 3.8) is 0 Å². The van der Waals surface area contributed by atoms with Crippen molar-refractivity contribution >= 4 is 23.6 Å². The zero-order valence-corrected chi connectivity index (χ0v) is 12.9. The highest BCUT2D eigenvalue weighted by Gasteiger charge is 2.33. The minimum absolute atomic E-state index is 0.0164. The molecule has 4 amide bonds. The van der Waals surface area contributed by atoms with E-state index in [2.05, 4.69) is 10.6 Å². The highest BCUT2D eigenvalue weighted by molar-refractivity contribution is 5.93. The van der Waals surface area contributed by atoms with E-state index >= 15 is 0 Å². The maximum absolute atomic E-state index is 12.4. The molecule has 0 spiro atoms. The molecule has 0 aliphatic carbocycles. The summed E-state index contributed by atoms with van der Waals surface area (Å²) < 4.78 is 0. The Morgan fingerprint density at radius 3 is 2.55 bits per heavy atom. The monoisotopic (exact) mass is 310 g/mol. The van der Waals surface area contributed by atoms with Crippen LogP contribution in [0.15, 0.2) is 0 Å². The first-order valence-corrected chi connectivity index (χ1v) is 7.51. The fourth-order valence-corrected chi connectivity index (χ4v) is 2.60. The van der Waals surface area contributed by atoms with Crippen molar-refractivity contribution in [1.29, 1.82) is 0 Å². The molecule has 1 atom stereocenters. The molecule has 0 aromatic carbocycles. The number of hydrogen-bond donors (Lipinski definition) is 2. The zero-order chi connectivity index (χ0) is 16.3. The molecule has 0 aromatic rings. The van der Waals surface area contributed by atoms with Crippen LogP contribution in [0.3, 0.4) is 0 Å². The van der Waals surface area contributed by atoms with Crippen LogP contribution in [0, 0.1) is 5.92 Å². The van der Waals surface area contributed by atoms with Crippen molar-refractivity contribution in [3.8, 4) is 0 Å². The van der Waals surface area contributed by atoms with E-state index in [9.17, 15) is 19.2 Å². The van der Waals surface area contributed by atoms with Crippen LogP contribution < -0.4 is 10.6 Å². The van der Waals surface area contributed by atoms with Crippen molar-refractivity contribution in [3.05, 3.63) is 0 Å². The van der Waals surface area contributed by atoms with Crippen molar-refractivity contribution in [2.75, 3.05) is 26.3 Å². The number of hydrogen-bond acceptors (Lipinski definition) is 4. The lowest BCUT2D eigenvalue weighted by Crippen LogP contribution is -2.53. The number of nitrogens with zero attached hydrogens (tertiary/aromatic N) is 2. The zero-order valence-electron chi connectivity index (χ0n) is 12.9. The third-order valence-electron chi connectivity index (χ3n) is 3.87. The lowest BCUT2D eigenvalue weighted by Gasteiger charge is -2.26. The smallest absolute Gasteiger partial charge is 0.247 e. The summed E-state index contributed by atoms with van der Waals surface area (Å²) in [5.74, 6) is -0.974. The van der Waals surface area contributed by atoms with E-state index in [1.165, 1.54) is 9.80 Å². The molecule has 0 bridgehead atoms. The van der Waals surface area contributed by atoms with Gasteiger partial charge in [-0.2, -0.15) is 0 Å². The van der Waals surface area contributed by atoms with Crippen LogP contribution in [0.2, 0.25) is 0 Å². The van der Waals surface area contributed by atoms with Crippen LogP contribution in [0.5, 0.6) is 0 Å². The van der Waals surface area contributed by atoms with Crippen molar-refractivity contribution in [2.45, 2.75) is 32.7 Å². The Bertz CT molecular complexity index is 491. The second-order valence-electron chi connectivity index (χ2n) is 6.00. The molecule has 22 heavy (non-hydrogen) atoms. The third-order valence-corrected chi connectivity index (χ3v) is 3.87. The van der Waals surface area contributed by atoms with Crippen molar-refractivity contribution < 1.29 is 19.2 Å². The van der Waals surface area contributed by atoms with Gasteiger partial charge in [0.05, 0.1) is 13.2 Å². The first-order chi connectivity index (χ1) is 10.4. The van der Waals surface area contributed by atoms with Gasteiger partial charge in [-0.1, -0.05) is 13.8 Å². The van der Waals surface area contributed by atoms with Crippen LogP contribution >= 0.6 is 0 Å². The Morgan fingerprint density at radius 1 is 1.32 bits per heavy atom. The van der Waals surface area contributed by atoms with E-state index in [0.717, 1.165) is 6.42 Å². The summed E-state index contributed by atoms with van der Waals surface area (Å²) in [5.41, 5.74) is 0. The lowest BCUT2D eigenvalue weighted by molar-refractivity contribution is -0.138. The highest BCUT2D eigenvalue weighted by atomic mass is 16.2. The summed E-state index contributed by atoms with van der Waals surface area (Å²) in [6.45, 7) is 4.40. The standard InChI is InChI=1S/C14H22N4O4/c1-9(2)13(14(22)18-6-10(19)15-8-18)16-11(20)7-17-5-3-4-12(17)21/h9,13H,3-8H2,1-2H3,(H,15,19)(H,16,20). The SMILES string of the molecule is CC(C)C(NC(=O)CN1CCCC1=O)C(=O)N1CNC(=O)C1. The fourth-order valence-electron chi connectivity index (χ4n) is 2.60. The second-order valence-corrected chi connectivity index (χ2v) is 6.00. The molecule has 2 heterocycles. The molecule has 2 saturated heterocycles. The average molecular weight is 310 g/mol. The van der Waals surface area contributed by atoms with E-state index in [0.29, 0.717) is 13.0 Å². The molecule has 0 saturated carbocycles. The number of likely N-dealkylation sites (tertiary alicyclic amines) is 1. The summed E-state index contributed by atoms with van der Waals surface area (Å²) in [4.78, 5) is 50.1. The molecule has 2 aliphatic rings. The minimum Gasteiger partial charge on any atom is -0.343 e. The number of nitrogens with one attached hydrogen (secondary N) is 2. The molecule has 122 valence electrons. The van der Waals surface area contributed by atoms with Gasteiger partial charge in [-0.15, -0.1) is 0 Å². The number of carbonyl (C=O) groups is 4. The quantitative estimate of drug-likeness (QED) is 0.657. The molecule has 0 radical (unpaired) electrons. The lowest BCUT2D eigenvalue weighted by atomic mass is 10.0. The summed E-state index contributed by atoms with van der Waals surface area (Å²) >= 11 is 0. The van der Waals surface area contributed by atoms with E-state index in [4.69, 9.17) is 0 Å². The Morgan fingerprint density at radius 2 is 2.05 bits per heavy atom. The fraction of sp³-hybridized carbons (Fsp3) is 0.714. The third kappa shape index (κ3) is 3.75. The number of carbonyl (C=O) groups excluding carboxylic acids is 4. The normalized spacial score (nSPS) is 19.6. The van der Waals surface area contributed by atoms with Crippen LogP contribution in [0.4, 0.5) is 0 Å². The summed E-state index contributed by atoms with van der Waals surface area (Å²) in [5, 5.41) is 5.26. The Balaban J connectivity index is 1.93. The predicted octanol–water partition coefficient (Wildman–Crippen LogP) is -1.33. The van der Waals surface area contributed by atoms with Crippen molar-refractivity contribution in [2.24, 2.45) is 5.92 Å². The van der Waals surface area contributed by atoms with Gasteiger partial charge < -0.3 is 20.4 Å². The molecule has 8 nitrogen and oxygen atoms in total. The highest BCUT2D eigenvalue weighted by Crippen LogP contribution is 2.10. The van der Waals surface area contributed by atoms with Crippen LogP contribution in [-0.4, -0.2) is 65.8 Å². The van der Waals surface area contributed by atoms with Gasteiger partial charge in [0.1, 0.15) is 12.6 Å². The van der Waals surface area contributed by atoms with Gasteiger partial charge in [-0.3, -0.25) is 19.2 Å². The van der Waals surface area contributed by atoms with Gasteiger partial charge >= 0.3 is 0 Å². The molecule has 8 heteroatoms. The van der Waals surface area contributed by atoms with E-state index in [1.54, 1.807) is 0 Å². The summed E-state index contributed by atoms with van der Waals surface area (Å²) in [6, 6.07) is -0.696. The Labute approximate surface area is 129 Å². The Hall–Kier alpha value is -2.12. The number of rotatable bonds is 5. The van der Waals surface area contributed by atoms with Crippen LogP contribution in [0.25, 0.3) is 0 Å². The van der Waals surface area contributed by atoms with Gasteiger partial charge in [-0.25, -0.2) is 0 Å². The first-order valence-electron chi connectivity index (χ1n) is 7.51. The summed E-state index contributed by atoms with van der Waals surface area (Å²) in [7, 11) is 0. The van der Waals surface area contributed by atoms with Gasteiger partial charge in [0, 0.05) is 13.0 Å². The maximum Gasteiger partial charge on any atom is 0.247 e. The molecule has 2 fully saturated rings. The number of amides is 4. The molecule has 0 aromatic heterocycles. The van der Waals surface area contributed by atoms with E-state index in [1.807, 2.05) is 13.8 Å². The minimum atomic E-state index is -0.696. The predicted molar refractivity (Wildman–Crippen MR) is 77.3 cm³/mol. The Kier molecular flexibility index (Phi) is 4.99.